The zero-order valence-corrected chi connectivity index (χ0v) is 49.1. The van der Waals surface area contributed by atoms with Crippen molar-refractivity contribution in [3.63, 3.8) is 0 Å². The Labute approximate surface area is 486 Å². The number of sulfone groups is 2. The summed E-state index contributed by atoms with van der Waals surface area (Å²) in [6, 6.07) is 11.2. The van der Waals surface area contributed by atoms with Crippen LogP contribution in [-0.4, -0.2) is 177 Å². The van der Waals surface area contributed by atoms with E-state index in [-0.39, 0.29) is 58.2 Å². The third kappa shape index (κ3) is 17.0. The summed E-state index contributed by atoms with van der Waals surface area (Å²) in [5.41, 5.74) is 2.72. The van der Waals surface area contributed by atoms with Gasteiger partial charge in [0.1, 0.15) is 5.60 Å². The number of nitrogens with zero attached hydrogens (tertiary/aromatic N) is 6. The van der Waals surface area contributed by atoms with E-state index >= 15 is 0 Å². The first-order valence-corrected chi connectivity index (χ1v) is 30.1. The zero-order valence-electron chi connectivity index (χ0n) is 47.4. The second-order valence-corrected chi connectivity index (χ2v) is 26.3. The first-order chi connectivity index (χ1) is 39.7. The number of hydrogen-bond acceptors (Lipinski definition) is 17. The number of nitrogens with one attached hydrogen (secondary N) is 1. The number of benzene rings is 2. The lowest BCUT2D eigenvalue weighted by atomic mass is 9.95. The van der Waals surface area contributed by atoms with Gasteiger partial charge in [-0.15, -0.1) is 0 Å². The van der Waals surface area contributed by atoms with Crippen LogP contribution < -0.4 is 5.48 Å². The third-order valence-electron chi connectivity index (χ3n) is 14.7. The highest BCUT2D eigenvalue weighted by molar-refractivity contribution is 7.94. The van der Waals surface area contributed by atoms with Crippen molar-refractivity contribution in [3.05, 3.63) is 84.7 Å². The molecule has 3 aliphatic heterocycles. The first-order valence-electron chi connectivity index (χ1n) is 27.2. The Hall–Kier alpha value is -5.50. The highest BCUT2D eigenvalue weighted by atomic mass is 32.2. The number of ether oxygens (including phenoxy) is 4. The van der Waals surface area contributed by atoms with Gasteiger partial charge in [-0.3, -0.25) is 29.5 Å². The molecule has 472 valence electrons. The number of carbonyl (C=O) groups excluding carboxylic acids is 2. The molecule has 2 aromatic carbocycles. The summed E-state index contributed by atoms with van der Waals surface area (Å²) >= 11 is 0. The fourth-order valence-corrected chi connectivity index (χ4v) is 13.4. The van der Waals surface area contributed by atoms with Crippen LogP contribution in [0.1, 0.15) is 89.9 Å². The number of likely N-dealkylation sites (tertiary alicyclic amines) is 2. The molecule has 0 radical (unpaired) electrons. The number of halogens is 10. The van der Waals surface area contributed by atoms with E-state index in [1.54, 1.807) is 35.0 Å². The Bertz CT molecular complexity index is 3040. The summed E-state index contributed by atoms with van der Waals surface area (Å²) in [5, 5.41) is 0. The fourth-order valence-electron chi connectivity index (χ4n) is 9.48. The minimum absolute atomic E-state index is 0.0157. The topological polar surface area (TPSA) is 219 Å². The lowest BCUT2D eigenvalue weighted by Gasteiger charge is -2.40. The van der Waals surface area contributed by atoms with E-state index in [0.717, 1.165) is 25.2 Å². The molecule has 3 fully saturated rings. The summed E-state index contributed by atoms with van der Waals surface area (Å²) in [5.74, 6) is -11.3. The Morgan fingerprint density at radius 2 is 1.02 bits per heavy atom. The normalized spacial score (nSPS) is 18.5. The van der Waals surface area contributed by atoms with Gasteiger partial charge < -0.3 is 28.7 Å². The Morgan fingerprint density at radius 3 is 1.38 bits per heavy atom. The predicted molar refractivity (Wildman–Crippen MR) is 287 cm³/mol. The highest BCUT2D eigenvalue weighted by Crippen LogP contribution is 2.42. The number of esters is 1. The molecule has 5 heterocycles. The van der Waals surface area contributed by atoms with Crippen molar-refractivity contribution in [1.82, 2.24) is 35.2 Å². The van der Waals surface area contributed by atoms with Crippen molar-refractivity contribution in [1.29, 1.82) is 0 Å². The molecule has 2 aromatic heterocycles. The highest BCUT2D eigenvalue weighted by Gasteiger charge is 2.59. The van der Waals surface area contributed by atoms with Gasteiger partial charge >= 0.3 is 30.2 Å². The van der Waals surface area contributed by atoms with Crippen molar-refractivity contribution in [2.75, 3.05) is 73.3 Å². The number of aryl methyl sites for hydroxylation is 2. The van der Waals surface area contributed by atoms with Crippen LogP contribution in [0.2, 0.25) is 0 Å². The van der Waals surface area contributed by atoms with Crippen molar-refractivity contribution in [2.24, 2.45) is 0 Å². The predicted octanol–water partition coefficient (Wildman–Crippen LogP) is 8.97. The second kappa shape index (κ2) is 28.1. The van der Waals surface area contributed by atoms with Gasteiger partial charge in [0.25, 0.3) is 5.91 Å². The number of alkyl halides is 10. The quantitative estimate of drug-likeness (QED) is 0.0441. The molecular formula is C55H69F10N7O11S2. The molecule has 0 aliphatic carbocycles. The largest absolute Gasteiger partial charge is 0.459 e. The van der Waals surface area contributed by atoms with Crippen LogP contribution in [0.25, 0.3) is 22.5 Å². The summed E-state index contributed by atoms with van der Waals surface area (Å²) < 4.78 is 201. The molecule has 85 heavy (non-hydrogen) atoms. The lowest BCUT2D eigenvalue weighted by Crippen LogP contribution is -2.58. The van der Waals surface area contributed by atoms with E-state index < -0.39 is 103 Å². The molecule has 0 saturated carbocycles. The number of carbonyl (C=O) groups is 2. The molecule has 4 aromatic rings. The third-order valence-corrected chi connectivity index (χ3v) is 19.7. The molecule has 18 nitrogen and oxygen atoms in total. The number of amides is 1. The Balaban J connectivity index is 0.000000273. The van der Waals surface area contributed by atoms with Crippen LogP contribution >= 0.6 is 0 Å². The number of aromatic nitrogens is 4. The maximum absolute atomic E-state index is 14.1. The Morgan fingerprint density at radius 1 is 0.612 bits per heavy atom. The summed E-state index contributed by atoms with van der Waals surface area (Å²) in [4.78, 5) is 52.3. The van der Waals surface area contributed by atoms with Crippen LogP contribution in [0.3, 0.4) is 0 Å². The average molecular weight is 1260 g/mol. The molecule has 0 spiro atoms. The second-order valence-electron chi connectivity index (χ2n) is 21.8. The van der Waals surface area contributed by atoms with Crippen LogP contribution in [0.5, 0.6) is 0 Å². The standard InChI is InChI=1S/C28H35F5N4O6S.C27H34F5N3O5S/c1-41-17-15-37-13-11-26(12-14-37,25(38)36-43-24-4-2-3-16-42-24)44(39,40)22-7-5-20(6-8-22)23-19-34-21(18-35-23)9-10-27(29,30)28(31,32)33;1-24(2,3)40-23(36)25(11-13-35(14-12-25)15-16-39-4)41(37,38)21-7-5-19(6-8-21)22-18-33-20(17-34-22)9-10-26(28,29)27(30,31)32/h5-8,18-19,24H,2-4,9-17H2,1H3,(H,36,38);5-8,17-18H,9-16H2,1-4H3. The number of hydroxylamine groups is 1. The van der Waals surface area contributed by atoms with Gasteiger partial charge in [-0.2, -0.15) is 43.9 Å². The van der Waals surface area contributed by atoms with Crippen LogP contribution in [0, 0.1) is 0 Å². The van der Waals surface area contributed by atoms with Crippen molar-refractivity contribution >= 4 is 31.6 Å². The van der Waals surface area contributed by atoms with Crippen molar-refractivity contribution in [3.8, 4) is 22.5 Å². The molecule has 7 rings (SSSR count). The smallest absolute Gasteiger partial charge is 0.453 e. The number of methoxy groups -OCH3 is 2. The summed E-state index contributed by atoms with van der Waals surface area (Å²) in [6.45, 7) is 8.98. The number of hydrogen-bond donors (Lipinski definition) is 1. The van der Waals surface area contributed by atoms with Gasteiger partial charge in [-0.1, -0.05) is 24.3 Å². The zero-order chi connectivity index (χ0) is 62.7. The minimum atomic E-state index is -5.65. The van der Waals surface area contributed by atoms with Gasteiger partial charge in [0.05, 0.1) is 58.2 Å². The molecule has 1 N–H and O–H groups in total. The van der Waals surface area contributed by atoms with Gasteiger partial charge in [0.2, 0.25) is 0 Å². The van der Waals surface area contributed by atoms with Crippen molar-refractivity contribution in [2.45, 2.75) is 147 Å². The lowest BCUT2D eigenvalue weighted by molar-refractivity contribution is -0.284. The van der Waals surface area contributed by atoms with Crippen LogP contribution in [0.4, 0.5) is 43.9 Å². The summed E-state index contributed by atoms with van der Waals surface area (Å²) in [7, 11) is -5.32. The maximum Gasteiger partial charge on any atom is 0.453 e. The van der Waals surface area contributed by atoms with E-state index in [0.29, 0.717) is 76.6 Å². The van der Waals surface area contributed by atoms with E-state index in [1.807, 2.05) is 9.80 Å². The maximum atomic E-state index is 14.1. The molecule has 1 unspecified atom stereocenters. The van der Waals surface area contributed by atoms with Crippen molar-refractivity contribution < 1.29 is 94.1 Å². The average Bonchev–Trinajstić information content (AvgIpc) is 1.72. The summed E-state index contributed by atoms with van der Waals surface area (Å²) in [6.07, 6.45) is -9.15. The van der Waals surface area contributed by atoms with Crippen LogP contribution in [-0.2, 0) is 65.9 Å². The first kappa shape index (κ1) is 68.6. The Kier molecular flexibility index (Phi) is 22.7. The molecule has 3 aliphatic rings. The number of piperidine rings is 2. The van der Waals surface area contributed by atoms with Gasteiger partial charge in [0.15, 0.2) is 35.5 Å². The van der Waals surface area contributed by atoms with Gasteiger partial charge in [-0.05, 0) is 96.4 Å². The molecule has 3 saturated heterocycles. The number of rotatable bonds is 22. The van der Waals surface area contributed by atoms with Crippen LogP contribution in [0.15, 0.2) is 83.1 Å². The fraction of sp³-hybridized carbons (Fsp3) is 0.600. The molecular weight excluding hydrogens is 1190 g/mol. The SMILES string of the molecule is COCCN1CCC(C(=O)NOC2CCCCO2)(S(=O)(=O)c2ccc(-c3cnc(CCC(F)(F)C(F)(F)F)cn3)cc2)CC1.COCCN1CCC(C(=O)OC(C)(C)C)(S(=O)(=O)c2ccc(-c3cnc(CCC(F)(F)C(F)(F)F)cn3)cc2)CC1. The van der Waals surface area contributed by atoms with E-state index in [1.165, 1.54) is 60.9 Å². The van der Waals surface area contributed by atoms with E-state index in [2.05, 4.69) is 25.4 Å². The monoisotopic (exact) mass is 1260 g/mol. The van der Waals surface area contributed by atoms with E-state index in [9.17, 15) is 70.3 Å². The molecule has 1 amide bonds. The van der Waals surface area contributed by atoms with E-state index in [4.69, 9.17) is 23.8 Å². The molecule has 0 bridgehead atoms. The van der Waals surface area contributed by atoms with Gasteiger partial charge in [-0.25, -0.2) is 27.2 Å². The minimum Gasteiger partial charge on any atom is -0.459 e. The molecule has 1 atom stereocenters. The molecule has 30 heteroatoms. The van der Waals surface area contributed by atoms with Gasteiger partial charge in [0, 0.05) is 103 Å².